The molecule has 0 spiro atoms. The van der Waals surface area contributed by atoms with Crippen LogP contribution in [0.3, 0.4) is 0 Å². The molecule has 2 rings (SSSR count). The van der Waals surface area contributed by atoms with Crippen LogP contribution in [0.15, 0.2) is 30.3 Å². The van der Waals surface area contributed by atoms with Crippen molar-refractivity contribution in [1.29, 1.82) is 0 Å². The molecule has 0 bridgehead atoms. The van der Waals surface area contributed by atoms with E-state index in [0.717, 1.165) is 5.56 Å². The second-order valence-corrected chi connectivity index (χ2v) is 6.71. The van der Waals surface area contributed by atoms with Gasteiger partial charge in [-0.15, -0.1) is 0 Å². The molecule has 1 aromatic carbocycles. The molecule has 0 atom stereocenters. The summed E-state index contributed by atoms with van der Waals surface area (Å²) in [6.45, 7) is 3.17. The van der Waals surface area contributed by atoms with Crippen molar-refractivity contribution in [2.24, 2.45) is 5.92 Å². The van der Waals surface area contributed by atoms with Gasteiger partial charge in [0.15, 0.2) is 0 Å². The molecule has 28 heavy (non-hydrogen) atoms. The van der Waals surface area contributed by atoms with Gasteiger partial charge in [-0.05, 0) is 43.5 Å². The van der Waals surface area contributed by atoms with Gasteiger partial charge >= 0.3 is 5.97 Å². The molecule has 0 aliphatic carbocycles. The Morgan fingerprint density at radius 3 is 2.61 bits per heavy atom. The highest BCUT2D eigenvalue weighted by molar-refractivity contribution is 5.94. The lowest BCUT2D eigenvalue weighted by atomic mass is 9.97. The highest BCUT2D eigenvalue weighted by Gasteiger charge is 2.28. The lowest BCUT2D eigenvalue weighted by molar-refractivity contribution is -0.151. The lowest BCUT2D eigenvalue weighted by Crippen LogP contribution is -2.45. The summed E-state index contributed by atoms with van der Waals surface area (Å²) in [5.74, 6) is 0.00797. The maximum Gasteiger partial charge on any atom is 0.309 e. The number of rotatable bonds is 7. The summed E-state index contributed by atoms with van der Waals surface area (Å²) in [6.07, 6.45) is 4.32. The van der Waals surface area contributed by atoms with E-state index in [4.69, 9.17) is 9.47 Å². The molecule has 0 aromatic heterocycles. The Balaban J connectivity index is 1.82. The number of carbonyl (C=O) groups is 3. The number of hydrogen-bond donors (Lipinski definition) is 0. The first-order valence-electron chi connectivity index (χ1n) is 9.46. The first kappa shape index (κ1) is 21.5. The van der Waals surface area contributed by atoms with Crippen LogP contribution in [0.5, 0.6) is 5.75 Å². The minimum absolute atomic E-state index is 0.00531. The van der Waals surface area contributed by atoms with Crippen molar-refractivity contribution < 1.29 is 23.9 Å². The van der Waals surface area contributed by atoms with Crippen LogP contribution in [0.2, 0.25) is 0 Å². The monoisotopic (exact) mass is 388 g/mol. The highest BCUT2D eigenvalue weighted by Crippen LogP contribution is 2.19. The van der Waals surface area contributed by atoms with Gasteiger partial charge in [0.2, 0.25) is 11.8 Å². The zero-order valence-corrected chi connectivity index (χ0v) is 16.7. The van der Waals surface area contributed by atoms with Crippen molar-refractivity contribution in [3.05, 3.63) is 35.9 Å². The van der Waals surface area contributed by atoms with Gasteiger partial charge < -0.3 is 19.3 Å². The summed E-state index contributed by atoms with van der Waals surface area (Å²) >= 11 is 0. The molecule has 1 aromatic rings. The third kappa shape index (κ3) is 6.11. The van der Waals surface area contributed by atoms with E-state index in [2.05, 4.69) is 0 Å². The molecule has 1 saturated heterocycles. The van der Waals surface area contributed by atoms with Crippen molar-refractivity contribution in [2.75, 3.05) is 40.4 Å². The minimum atomic E-state index is -0.252. The summed E-state index contributed by atoms with van der Waals surface area (Å²) in [7, 11) is 3.18. The number of methoxy groups -OCH3 is 1. The minimum Gasteiger partial charge on any atom is -0.497 e. The van der Waals surface area contributed by atoms with Crippen LogP contribution in [0, 0.1) is 5.92 Å². The second kappa shape index (κ2) is 10.5. The SMILES string of the molecule is CCOC(=O)C1CCN(C(=O)CN(C)C(=O)/C=C/c2cccc(OC)c2)CC1. The van der Waals surface area contributed by atoms with Gasteiger partial charge in [0.05, 0.1) is 26.2 Å². The van der Waals surface area contributed by atoms with E-state index in [9.17, 15) is 14.4 Å². The lowest BCUT2D eigenvalue weighted by Gasteiger charge is -2.32. The maximum absolute atomic E-state index is 12.4. The Morgan fingerprint density at radius 1 is 1.25 bits per heavy atom. The molecule has 7 heteroatoms. The predicted octanol–water partition coefficient (Wildman–Crippen LogP) is 1.97. The first-order valence-corrected chi connectivity index (χ1v) is 9.46. The Labute approximate surface area is 165 Å². The van der Waals surface area contributed by atoms with Gasteiger partial charge in [-0.1, -0.05) is 12.1 Å². The van der Waals surface area contributed by atoms with Gasteiger partial charge in [0.25, 0.3) is 0 Å². The molecule has 152 valence electrons. The fraction of sp³-hybridized carbons (Fsp3) is 0.476. The fourth-order valence-corrected chi connectivity index (χ4v) is 3.05. The van der Waals surface area contributed by atoms with Crippen molar-refractivity contribution in [2.45, 2.75) is 19.8 Å². The molecular formula is C21H28N2O5. The zero-order chi connectivity index (χ0) is 20.5. The van der Waals surface area contributed by atoms with E-state index in [1.807, 2.05) is 24.3 Å². The number of nitrogens with zero attached hydrogens (tertiary/aromatic N) is 2. The highest BCUT2D eigenvalue weighted by atomic mass is 16.5. The molecule has 0 radical (unpaired) electrons. The molecule has 1 fully saturated rings. The number of amides is 2. The van der Waals surface area contributed by atoms with Crippen LogP contribution < -0.4 is 4.74 Å². The molecule has 1 heterocycles. The summed E-state index contributed by atoms with van der Waals surface area (Å²) in [5, 5.41) is 0. The Morgan fingerprint density at radius 2 is 1.96 bits per heavy atom. The van der Waals surface area contributed by atoms with Gasteiger partial charge in [-0.25, -0.2) is 0 Å². The van der Waals surface area contributed by atoms with Crippen LogP contribution in [0.25, 0.3) is 6.08 Å². The number of ether oxygens (including phenoxy) is 2. The van der Waals surface area contributed by atoms with E-state index in [1.54, 1.807) is 32.1 Å². The van der Waals surface area contributed by atoms with Crippen molar-refractivity contribution in [3.63, 3.8) is 0 Å². The van der Waals surface area contributed by atoms with Crippen LogP contribution >= 0.6 is 0 Å². The van der Waals surface area contributed by atoms with Gasteiger partial charge in [-0.2, -0.15) is 0 Å². The Kier molecular flexibility index (Phi) is 8.04. The van der Waals surface area contributed by atoms with Crippen LogP contribution in [-0.2, 0) is 19.1 Å². The van der Waals surface area contributed by atoms with E-state index in [1.165, 1.54) is 11.0 Å². The molecule has 0 unspecified atom stereocenters. The predicted molar refractivity (Wildman–Crippen MR) is 106 cm³/mol. The van der Waals surface area contributed by atoms with Crippen molar-refractivity contribution in [1.82, 2.24) is 9.80 Å². The quantitative estimate of drug-likeness (QED) is 0.527. The average Bonchev–Trinajstić information content (AvgIpc) is 2.72. The van der Waals surface area contributed by atoms with Gasteiger partial charge in [-0.3, -0.25) is 14.4 Å². The standard InChI is InChI=1S/C21H28N2O5/c1-4-28-21(26)17-10-12-23(13-11-17)20(25)15-22(2)19(24)9-8-16-6-5-7-18(14-16)27-3/h5-9,14,17H,4,10-13,15H2,1-3H3/b9-8+. The van der Waals surface area contributed by atoms with Crippen LogP contribution in [0.1, 0.15) is 25.3 Å². The van der Waals surface area contributed by atoms with Crippen LogP contribution in [0.4, 0.5) is 0 Å². The smallest absolute Gasteiger partial charge is 0.309 e. The van der Waals surface area contributed by atoms with Crippen LogP contribution in [-0.4, -0.2) is 68.0 Å². The van der Waals surface area contributed by atoms with Crippen molar-refractivity contribution >= 4 is 23.9 Å². The van der Waals surface area contributed by atoms with Crippen molar-refractivity contribution in [3.8, 4) is 5.75 Å². The Hall–Kier alpha value is -2.83. The summed E-state index contributed by atoms with van der Waals surface area (Å²) in [5.41, 5.74) is 0.841. The average molecular weight is 388 g/mol. The molecule has 1 aliphatic heterocycles. The third-order valence-corrected chi connectivity index (χ3v) is 4.73. The number of esters is 1. The van der Waals surface area contributed by atoms with E-state index < -0.39 is 0 Å². The summed E-state index contributed by atoms with van der Waals surface area (Å²) in [6, 6.07) is 7.36. The normalized spacial score (nSPS) is 14.8. The number of likely N-dealkylation sites (N-methyl/N-ethyl adjacent to an activating group) is 1. The fourth-order valence-electron chi connectivity index (χ4n) is 3.05. The van der Waals surface area contributed by atoms with Gasteiger partial charge in [0.1, 0.15) is 5.75 Å². The molecular weight excluding hydrogens is 360 g/mol. The molecule has 0 N–H and O–H groups in total. The molecule has 0 saturated carbocycles. The topological polar surface area (TPSA) is 76.2 Å². The van der Waals surface area contributed by atoms with E-state index >= 15 is 0 Å². The number of benzene rings is 1. The number of piperidine rings is 1. The van der Waals surface area contributed by atoms with E-state index in [0.29, 0.717) is 38.3 Å². The van der Waals surface area contributed by atoms with Gasteiger partial charge in [0, 0.05) is 26.2 Å². The zero-order valence-electron chi connectivity index (χ0n) is 16.7. The third-order valence-electron chi connectivity index (χ3n) is 4.73. The largest absolute Gasteiger partial charge is 0.497 e. The Bertz CT molecular complexity index is 723. The molecule has 7 nitrogen and oxygen atoms in total. The van der Waals surface area contributed by atoms with E-state index in [-0.39, 0.29) is 30.2 Å². The molecule has 1 aliphatic rings. The summed E-state index contributed by atoms with van der Waals surface area (Å²) < 4.78 is 10.2. The summed E-state index contributed by atoms with van der Waals surface area (Å²) in [4.78, 5) is 39.6. The number of hydrogen-bond acceptors (Lipinski definition) is 5. The number of likely N-dealkylation sites (tertiary alicyclic amines) is 1. The maximum atomic E-state index is 12.4. The molecule has 2 amide bonds. The first-order chi connectivity index (χ1) is 13.4. The second-order valence-electron chi connectivity index (χ2n) is 6.71. The number of carbonyl (C=O) groups excluding carboxylic acids is 3.